The maximum Gasteiger partial charge on any atom is 0.270 e. The van der Waals surface area contributed by atoms with E-state index in [0.29, 0.717) is 23.9 Å². The molecule has 1 fully saturated rings. The molecule has 1 amide bonds. The Bertz CT molecular complexity index is 723. The van der Waals surface area contributed by atoms with Crippen molar-refractivity contribution in [1.82, 2.24) is 15.6 Å². The summed E-state index contributed by atoms with van der Waals surface area (Å²) in [5.41, 5.74) is 1.28. The van der Waals surface area contributed by atoms with Gasteiger partial charge >= 0.3 is 0 Å². The van der Waals surface area contributed by atoms with Crippen molar-refractivity contribution in [1.29, 1.82) is 0 Å². The summed E-state index contributed by atoms with van der Waals surface area (Å²) in [6, 6.07) is 7.52. The minimum atomic E-state index is -0.149. The topological polar surface area (TPSA) is 63.2 Å². The lowest BCUT2D eigenvalue weighted by Gasteiger charge is -2.37. The summed E-state index contributed by atoms with van der Waals surface area (Å²) < 4.78 is 5.39. The van der Waals surface area contributed by atoms with Crippen molar-refractivity contribution in [2.45, 2.75) is 12.8 Å². The van der Waals surface area contributed by atoms with Crippen LogP contribution in [0.25, 0.3) is 10.6 Å². The first-order valence-electron chi connectivity index (χ1n) is 8.32. The summed E-state index contributed by atoms with van der Waals surface area (Å²) in [6.45, 7) is 3.15. The van der Waals surface area contributed by atoms with Gasteiger partial charge in [-0.1, -0.05) is 29.8 Å². The predicted molar refractivity (Wildman–Crippen MR) is 101 cm³/mol. The molecule has 0 unspecified atom stereocenters. The van der Waals surface area contributed by atoms with E-state index in [4.69, 9.17) is 16.3 Å². The number of thiazole rings is 1. The average molecular weight is 380 g/mol. The Balaban J connectivity index is 1.66. The smallest absolute Gasteiger partial charge is 0.270 e. The molecule has 3 rings (SSSR count). The van der Waals surface area contributed by atoms with Crippen LogP contribution < -0.4 is 10.6 Å². The summed E-state index contributed by atoms with van der Waals surface area (Å²) >= 11 is 7.63. The maximum atomic E-state index is 12.5. The number of amides is 1. The van der Waals surface area contributed by atoms with Crippen molar-refractivity contribution >= 4 is 28.8 Å². The number of piperidine rings is 1. The van der Waals surface area contributed by atoms with Crippen molar-refractivity contribution in [2.24, 2.45) is 5.41 Å². The normalized spacial score (nSPS) is 16.6. The van der Waals surface area contributed by atoms with Crippen LogP contribution in [0.4, 0.5) is 0 Å². The zero-order valence-electron chi connectivity index (χ0n) is 14.2. The number of ether oxygens (including phenoxy) is 1. The Kier molecular flexibility index (Phi) is 6.06. The molecular weight excluding hydrogens is 358 g/mol. The largest absolute Gasteiger partial charge is 0.384 e. The first-order chi connectivity index (χ1) is 12.1. The summed E-state index contributed by atoms with van der Waals surface area (Å²) in [6.07, 6.45) is 1.98. The van der Waals surface area contributed by atoms with Crippen molar-refractivity contribution in [2.75, 3.05) is 33.4 Å². The second kappa shape index (κ2) is 8.27. The second-order valence-corrected chi connectivity index (χ2v) is 7.65. The molecule has 5 nitrogen and oxygen atoms in total. The zero-order chi connectivity index (χ0) is 17.7. The van der Waals surface area contributed by atoms with Gasteiger partial charge in [-0.25, -0.2) is 4.98 Å². The van der Waals surface area contributed by atoms with Gasteiger partial charge in [0.25, 0.3) is 5.91 Å². The van der Waals surface area contributed by atoms with Crippen LogP contribution in [0.5, 0.6) is 0 Å². The highest BCUT2D eigenvalue weighted by Gasteiger charge is 2.32. The van der Waals surface area contributed by atoms with E-state index in [9.17, 15) is 4.79 Å². The lowest BCUT2D eigenvalue weighted by molar-refractivity contribution is 0.0511. The number of hydrogen-bond donors (Lipinski definition) is 2. The fourth-order valence-corrected chi connectivity index (χ4v) is 4.25. The highest BCUT2D eigenvalue weighted by atomic mass is 35.5. The van der Waals surface area contributed by atoms with Crippen LogP contribution >= 0.6 is 22.9 Å². The van der Waals surface area contributed by atoms with Crippen LogP contribution in [-0.4, -0.2) is 44.2 Å². The quantitative estimate of drug-likeness (QED) is 0.809. The molecule has 2 N–H and O–H groups in total. The molecule has 0 atom stereocenters. The highest BCUT2D eigenvalue weighted by Crippen LogP contribution is 2.31. The van der Waals surface area contributed by atoms with Gasteiger partial charge in [-0.05, 0) is 32.0 Å². The van der Waals surface area contributed by atoms with E-state index >= 15 is 0 Å². The number of rotatable bonds is 6. The summed E-state index contributed by atoms with van der Waals surface area (Å²) in [5, 5.41) is 9.56. The lowest BCUT2D eigenvalue weighted by atomic mass is 9.79. The molecular formula is C18H22ClN3O2S. The summed E-state index contributed by atoms with van der Waals surface area (Å²) in [4.78, 5) is 17.0. The first kappa shape index (κ1) is 18.3. The van der Waals surface area contributed by atoms with Gasteiger partial charge in [-0.2, -0.15) is 0 Å². The van der Waals surface area contributed by atoms with Gasteiger partial charge in [0.15, 0.2) is 0 Å². The van der Waals surface area contributed by atoms with Crippen molar-refractivity contribution in [3.63, 3.8) is 0 Å². The van der Waals surface area contributed by atoms with E-state index in [1.165, 1.54) is 11.3 Å². The highest BCUT2D eigenvalue weighted by molar-refractivity contribution is 7.13. The molecule has 2 heterocycles. The van der Waals surface area contributed by atoms with Gasteiger partial charge in [-0.15, -0.1) is 11.3 Å². The van der Waals surface area contributed by atoms with E-state index in [2.05, 4.69) is 15.6 Å². The maximum absolute atomic E-state index is 12.5. The molecule has 1 saturated heterocycles. The minimum absolute atomic E-state index is 0.00273. The van der Waals surface area contributed by atoms with E-state index in [-0.39, 0.29) is 11.3 Å². The first-order valence-corrected chi connectivity index (χ1v) is 9.58. The van der Waals surface area contributed by atoms with Gasteiger partial charge in [0.2, 0.25) is 0 Å². The molecule has 134 valence electrons. The molecule has 1 aromatic heterocycles. The van der Waals surface area contributed by atoms with Crippen molar-refractivity contribution < 1.29 is 9.53 Å². The third-order valence-electron chi connectivity index (χ3n) is 4.58. The fraction of sp³-hybridized carbons (Fsp3) is 0.444. The van der Waals surface area contributed by atoms with Gasteiger partial charge in [0.05, 0.1) is 11.6 Å². The molecule has 1 aliphatic rings. The van der Waals surface area contributed by atoms with Gasteiger partial charge in [0.1, 0.15) is 10.7 Å². The molecule has 0 radical (unpaired) electrons. The Labute approximate surface area is 156 Å². The molecule has 0 bridgehead atoms. The molecule has 1 aromatic carbocycles. The van der Waals surface area contributed by atoms with Crippen LogP contribution in [0.1, 0.15) is 23.3 Å². The number of halogens is 1. The molecule has 25 heavy (non-hydrogen) atoms. The Morgan fingerprint density at radius 3 is 2.88 bits per heavy atom. The monoisotopic (exact) mass is 379 g/mol. The molecule has 1 aliphatic heterocycles. The predicted octanol–water partition coefficient (Wildman–Crippen LogP) is 3.21. The summed E-state index contributed by atoms with van der Waals surface area (Å²) in [5.74, 6) is -0.149. The Morgan fingerprint density at radius 2 is 2.16 bits per heavy atom. The number of nitrogens with one attached hydrogen (secondary N) is 2. The van der Waals surface area contributed by atoms with Crippen LogP contribution in [-0.2, 0) is 4.74 Å². The zero-order valence-corrected chi connectivity index (χ0v) is 15.8. The molecule has 0 aliphatic carbocycles. The minimum Gasteiger partial charge on any atom is -0.384 e. The second-order valence-electron chi connectivity index (χ2n) is 6.38. The van der Waals surface area contributed by atoms with Crippen LogP contribution in [0, 0.1) is 5.41 Å². The Morgan fingerprint density at radius 1 is 1.40 bits per heavy atom. The number of benzene rings is 1. The summed E-state index contributed by atoms with van der Waals surface area (Å²) in [7, 11) is 1.71. The molecule has 0 saturated carbocycles. The van der Waals surface area contributed by atoms with Gasteiger partial charge in [-0.3, -0.25) is 4.79 Å². The van der Waals surface area contributed by atoms with E-state index in [0.717, 1.165) is 36.5 Å². The van der Waals surface area contributed by atoms with Crippen molar-refractivity contribution in [3.8, 4) is 10.6 Å². The third kappa shape index (κ3) is 4.39. The number of nitrogens with zero attached hydrogens (tertiary/aromatic N) is 1. The van der Waals surface area contributed by atoms with Crippen LogP contribution in [0.3, 0.4) is 0 Å². The van der Waals surface area contributed by atoms with Crippen LogP contribution in [0.2, 0.25) is 5.02 Å². The molecule has 0 spiro atoms. The molecule has 7 heteroatoms. The number of hydrogen-bond acceptors (Lipinski definition) is 5. The number of carbonyl (C=O) groups excluding carboxylic acids is 1. The number of methoxy groups -OCH3 is 1. The molecule has 2 aromatic rings. The fourth-order valence-electron chi connectivity index (χ4n) is 3.13. The number of carbonyl (C=O) groups is 1. The van der Waals surface area contributed by atoms with E-state index < -0.39 is 0 Å². The van der Waals surface area contributed by atoms with Crippen molar-refractivity contribution in [3.05, 3.63) is 40.4 Å². The third-order valence-corrected chi connectivity index (χ3v) is 5.78. The van der Waals surface area contributed by atoms with E-state index in [1.54, 1.807) is 12.5 Å². The number of aromatic nitrogens is 1. The van der Waals surface area contributed by atoms with E-state index in [1.807, 2.05) is 24.3 Å². The van der Waals surface area contributed by atoms with Crippen LogP contribution in [0.15, 0.2) is 29.6 Å². The standard InChI is InChI=1S/C18H22ClN3O2S/c1-24-12-18(6-8-20-9-7-18)11-21-16(23)15-10-25-17(22-15)13-4-2-3-5-14(13)19/h2-5,10,20H,6-9,11-12H2,1H3,(H,21,23). The van der Waals surface area contributed by atoms with Gasteiger partial charge in [0, 0.05) is 30.0 Å². The lowest BCUT2D eigenvalue weighted by Crippen LogP contribution is -2.47. The SMILES string of the molecule is COCC1(CNC(=O)c2csc(-c3ccccc3Cl)n2)CCNCC1. The average Bonchev–Trinajstić information content (AvgIpc) is 3.11. The Hall–Kier alpha value is -1.47. The van der Waals surface area contributed by atoms with Gasteiger partial charge < -0.3 is 15.4 Å².